The Bertz CT molecular complexity index is 775. The molecule has 7 heteroatoms. The van der Waals surface area contributed by atoms with Crippen LogP contribution in [0.5, 0.6) is 5.75 Å². The van der Waals surface area contributed by atoms with Crippen LogP contribution in [-0.4, -0.2) is 25.1 Å². The molecule has 1 aromatic carbocycles. The summed E-state index contributed by atoms with van der Waals surface area (Å²) in [6.07, 6.45) is 0. The Labute approximate surface area is 143 Å². The fraction of sp³-hybridized carbons (Fsp3) is 0.235. The SMILES string of the molecule is CCOC(=O)c1sc(NC(=O)COc2ccc(C#N)cc2)cc1C. The summed E-state index contributed by atoms with van der Waals surface area (Å²) in [6.45, 7) is 3.66. The highest BCUT2D eigenvalue weighted by Gasteiger charge is 2.16. The van der Waals surface area contributed by atoms with Crippen molar-refractivity contribution in [3.63, 3.8) is 0 Å². The molecular weight excluding hydrogens is 328 g/mol. The van der Waals surface area contributed by atoms with E-state index in [1.807, 2.05) is 6.07 Å². The number of benzene rings is 1. The highest BCUT2D eigenvalue weighted by atomic mass is 32.1. The lowest BCUT2D eigenvalue weighted by Gasteiger charge is -2.06. The minimum atomic E-state index is -0.394. The van der Waals surface area contributed by atoms with Crippen LogP contribution in [0, 0.1) is 18.3 Å². The van der Waals surface area contributed by atoms with E-state index in [9.17, 15) is 9.59 Å². The molecule has 0 atom stereocenters. The van der Waals surface area contributed by atoms with Crippen molar-refractivity contribution in [3.8, 4) is 11.8 Å². The van der Waals surface area contributed by atoms with E-state index in [1.165, 1.54) is 0 Å². The fourth-order valence-electron chi connectivity index (χ4n) is 1.89. The zero-order chi connectivity index (χ0) is 17.5. The molecule has 0 radical (unpaired) electrons. The summed E-state index contributed by atoms with van der Waals surface area (Å²) < 4.78 is 10.3. The third-order valence-electron chi connectivity index (χ3n) is 2.99. The summed E-state index contributed by atoms with van der Waals surface area (Å²) in [4.78, 5) is 24.2. The summed E-state index contributed by atoms with van der Waals surface area (Å²) in [5, 5.41) is 12.0. The predicted octanol–water partition coefficient (Wildman–Crippen LogP) is 3.12. The molecule has 0 unspecified atom stereocenters. The predicted molar refractivity (Wildman–Crippen MR) is 90.3 cm³/mol. The summed E-state index contributed by atoms with van der Waals surface area (Å²) in [5.74, 6) is -0.232. The monoisotopic (exact) mass is 344 g/mol. The summed E-state index contributed by atoms with van der Waals surface area (Å²) >= 11 is 1.16. The molecule has 0 aliphatic rings. The first-order chi connectivity index (χ1) is 11.5. The van der Waals surface area contributed by atoms with E-state index in [2.05, 4.69) is 5.32 Å². The lowest BCUT2D eigenvalue weighted by Crippen LogP contribution is -2.19. The molecule has 0 bridgehead atoms. The normalized spacial score (nSPS) is 9.88. The summed E-state index contributed by atoms with van der Waals surface area (Å²) in [7, 11) is 0. The number of esters is 1. The van der Waals surface area contributed by atoms with Crippen LogP contribution in [0.15, 0.2) is 30.3 Å². The van der Waals surface area contributed by atoms with Crippen LogP contribution in [0.2, 0.25) is 0 Å². The number of rotatable bonds is 6. The zero-order valence-electron chi connectivity index (χ0n) is 13.3. The minimum absolute atomic E-state index is 0.169. The average molecular weight is 344 g/mol. The topological polar surface area (TPSA) is 88.4 Å². The Kier molecular flexibility index (Phi) is 5.93. The van der Waals surface area contributed by atoms with Gasteiger partial charge in [0, 0.05) is 0 Å². The van der Waals surface area contributed by atoms with Gasteiger partial charge in [0.1, 0.15) is 10.6 Å². The number of nitrogens with zero attached hydrogens (tertiary/aromatic N) is 1. The molecule has 1 heterocycles. The fourth-order valence-corrected chi connectivity index (χ4v) is 2.87. The molecule has 24 heavy (non-hydrogen) atoms. The molecular formula is C17H16N2O4S. The lowest BCUT2D eigenvalue weighted by molar-refractivity contribution is -0.118. The lowest BCUT2D eigenvalue weighted by atomic mass is 10.2. The van der Waals surface area contributed by atoms with Gasteiger partial charge in [-0.1, -0.05) is 0 Å². The van der Waals surface area contributed by atoms with E-state index in [4.69, 9.17) is 14.7 Å². The average Bonchev–Trinajstić information content (AvgIpc) is 2.94. The summed E-state index contributed by atoms with van der Waals surface area (Å²) in [6, 6.07) is 10.2. The van der Waals surface area contributed by atoms with Gasteiger partial charge in [0.15, 0.2) is 6.61 Å². The maximum Gasteiger partial charge on any atom is 0.348 e. The molecule has 2 rings (SSSR count). The van der Waals surface area contributed by atoms with Crippen molar-refractivity contribution in [1.29, 1.82) is 5.26 Å². The van der Waals surface area contributed by atoms with Crippen molar-refractivity contribution in [2.24, 2.45) is 0 Å². The number of nitrogens with one attached hydrogen (secondary N) is 1. The molecule has 0 saturated carbocycles. The molecule has 1 N–H and O–H groups in total. The zero-order valence-corrected chi connectivity index (χ0v) is 14.1. The van der Waals surface area contributed by atoms with Gasteiger partial charge in [-0.25, -0.2) is 4.79 Å². The van der Waals surface area contributed by atoms with Gasteiger partial charge in [-0.15, -0.1) is 11.3 Å². The number of carbonyl (C=O) groups excluding carboxylic acids is 2. The van der Waals surface area contributed by atoms with Gasteiger partial charge in [-0.05, 0) is 49.7 Å². The van der Waals surface area contributed by atoms with Gasteiger partial charge in [0.25, 0.3) is 5.91 Å². The molecule has 0 fully saturated rings. The van der Waals surface area contributed by atoms with Crippen LogP contribution < -0.4 is 10.1 Å². The van der Waals surface area contributed by atoms with Crippen molar-refractivity contribution < 1.29 is 19.1 Å². The Hall–Kier alpha value is -2.85. The van der Waals surface area contributed by atoms with Crippen molar-refractivity contribution in [2.75, 3.05) is 18.5 Å². The van der Waals surface area contributed by atoms with Crippen molar-refractivity contribution in [3.05, 3.63) is 46.3 Å². The smallest absolute Gasteiger partial charge is 0.348 e. The third-order valence-corrected chi connectivity index (χ3v) is 4.13. The molecule has 1 amide bonds. The number of thiophene rings is 1. The van der Waals surface area contributed by atoms with Crippen molar-refractivity contribution >= 4 is 28.2 Å². The van der Waals surface area contributed by atoms with E-state index in [0.29, 0.717) is 27.8 Å². The highest BCUT2D eigenvalue weighted by molar-refractivity contribution is 7.18. The molecule has 6 nitrogen and oxygen atoms in total. The number of hydrogen-bond acceptors (Lipinski definition) is 6. The number of ether oxygens (including phenoxy) is 2. The van der Waals surface area contributed by atoms with E-state index < -0.39 is 5.97 Å². The van der Waals surface area contributed by atoms with E-state index in [1.54, 1.807) is 44.2 Å². The molecule has 124 valence electrons. The third kappa shape index (κ3) is 4.57. The standard InChI is InChI=1S/C17H16N2O4S/c1-3-22-17(21)16-11(2)8-15(24-16)19-14(20)10-23-13-6-4-12(9-18)5-7-13/h4-8H,3,10H2,1-2H3,(H,19,20). The van der Waals surface area contributed by atoms with Crippen LogP contribution in [0.1, 0.15) is 27.7 Å². The van der Waals surface area contributed by atoms with Gasteiger partial charge >= 0.3 is 5.97 Å². The first-order valence-electron chi connectivity index (χ1n) is 7.24. The number of aryl methyl sites for hydroxylation is 1. The molecule has 0 aliphatic heterocycles. The minimum Gasteiger partial charge on any atom is -0.484 e. The van der Waals surface area contributed by atoms with E-state index in [0.717, 1.165) is 16.9 Å². The second kappa shape index (κ2) is 8.13. The van der Waals surface area contributed by atoms with Crippen LogP contribution in [0.25, 0.3) is 0 Å². The van der Waals surface area contributed by atoms with Gasteiger partial charge in [0.2, 0.25) is 0 Å². The molecule has 2 aromatic rings. The molecule has 0 saturated heterocycles. The number of amides is 1. The van der Waals surface area contributed by atoms with Crippen LogP contribution in [0.3, 0.4) is 0 Å². The van der Waals surface area contributed by atoms with Gasteiger partial charge in [-0.3, -0.25) is 4.79 Å². The van der Waals surface area contributed by atoms with Gasteiger partial charge in [0.05, 0.1) is 23.2 Å². The number of nitriles is 1. The first kappa shape index (κ1) is 17.5. The van der Waals surface area contributed by atoms with E-state index >= 15 is 0 Å². The number of anilines is 1. The van der Waals surface area contributed by atoms with Gasteiger partial charge in [-0.2, -0.15) is 5.26 Å². The quantitative estimate of drug-likeness (QED) is 0.813. The first-order valence-corrected chi connectivity index (χ1v) is 8.05. The Morgan fingerprint density at radius 2 is 2.00 bits per heavy atom. The van der Waals surface area contributed by atoms with Crippen LogP contribution in [0.4, 0.5) is 5.00 Å². The molecule has 0 spiro atoms. The number of carbonyl (C=O) groups is 2. The molecule has 1 aromatic heterocycles. The maximum absolute atomic E-state index is 11.9. The largest absolute Gasteiger partial charge is 0.484 e. The van der Waals surface area contributed by atoms with Crippen LogP contribution >= 0.6 is 11.3 Å². The Morgan fingerprint density at radius 3 is 2.62 bits per heavy atom. The summed E-state index contributed by atoms with van der Waals surface area (Å²) in [5.41, 5.74) is 1.27. The van der Waals surface area contributed by atoms with E-state index in [-0.39, 0.29) is 12.5 Å². The second-order valence-electron chi connectivity index (χ2n) is 4.82. The molecule has 0 aliphatic carbocycles. The maximum atomic E-state index is 11.9. The van der Waals surface area contributed by atoms with Crippen LogP contribution in [-0.2, 0) is 9.53 Å². The van der Waals surface area contributed by atoms with Gasteiger partial charge < -0.3 is 14.8 Å². The Morgan fingerprint density at radius 1 is 1.29 bits per heavy atom. The Balaban J connectivity index is 1.91. The van der Waals surface area contributed by atoms with Crippen molar-refractivity contribution in [1.82, 2.24) is 0 Å². The van der Waals surface area contributed by atoms with Crippen molar-refractivity contribution in [2.45, 2.75) is 13.8 Å². The highest BCUT2D eigenvalue weighted by Crippen LogP contribution is 2.27. The second-order valence-corrected chi connectivity index (χ2v) is 5.87. The number of hydrogen-bond donors (Lipinski definition) is 1.